The van der Waals surface area contributed by atoms with E-state index >= 15 is 0 Å². The van der Waals surface area contributed by atoms with E-state index in [1.165, 1.54) is 0 Å². The van der Waals surface area contributed by atoms with Crippen LogP contribution in [0.5, 0.6) is 0 Å². The molecular weight excluding hydrogens is 302 g/mol. The van der Waals surface area contributed by atoms with Crippen molar-refractivity contribution in [3.05, 3.63) is 54.0 Å². The molecule has 0 saturated heterocycles. The van der Waals surface area contributed by atoms with E-state index in [1.54, 1.807) is 49.6 Å². The van der Waals surface area contributed by atoms with Crippen LogP contribution in [0.4, 0.5) is 0 Å². The van der Waals surface area contributed by atoms with Crippen molar-refractivity contribution in [3.8, 4) is 0 Å². The molecule has 0 fully saturated rings. The van der Waals surface area contributed by atoms with E-state index in [0.29, 0.717) is 10.7 Å². The minimum Gasteiger partial charge on any atom is -0.468 e. The molecule has 0 aliphatic heterocycles. The summed E-state index contributed by atoms with van der Waals surface area (Å²) in [4.78, 5) is 0.329. The first-order chi connectivity index (χ1) is 10.5. The Kier molecular flexibility index (Phi) is 5.39. The summed E-state index contributed by atoms with van der Waals surface area (Å²) in [6.07, 6.45) is 1.56. The van der Waals surface area contributed by atoms with E-state index in [4.69, 9.17) is 4.42 Å². The number of aliphatic hydroxyl groups is 1. The molecule has 0 radical (unpaired) electrons. The van der Waals surface area contributed by atoms with Gasteiger partial charge in [0.2, 0.25) is 0 Å². The number of hydrogen-bond acceptors (Lipinski definition) is 5. The molecule has 6 heteroatoms. The van der Waals surface area contributed by atoms with E-state index in [0.717, 1.165) is 5.56 Å². The Morgan fingerprint density at radius 3 is 2.41 bits per heavy atom. The second-order valence-electron chi connectivity index (χ2n) is 5.11. The number of benzene rings is 1. The fourth-order valence-corrected chi connectivity index (χ4v) is 3.13. The SMILES string of the molecule is CCS(=O)(=O)c1ccc(C(C)NC(CO)c2ccco2)cc1. The third-order valence-electron chi connectivity index (χ3n) is 3.64. The molecule has 2 unspecified atom stereocenters. The Labute approximate surface area is 130 Å². The maximum atomic E-state index is 11.8. The van der Waals surface area contributed by atoms with Crippen molar-refractivity contribution in [2.24, 2.45) is 0 Å². The molecule has 5 nitrogen and oxygen atoms in total. The molecule has 0 amide bonds. The lowest BCUT2D eigenvalue weighted by Gasteiger charge is -2.20. The van der Waals surface area contributed by atoms with Crippen LogP contribution >= 0.6 is 0 Å². The van der Waals surface area contributed by atoms with E-state index in [-0.39, 0.29) is 24.4 Å². The average molecular weight is 323 g/mol. The molecule has 2 rings (SSSR count). The smallest absolute Gasteiger partial charge is 0.178 e. The Balaban J connectivity index is 2.11. The maximum Gasteiger partial charge on any atom is 0.178 e. The molecule has 0 spiro atoms. The number of hydrogen-bond donors (Lipinski definition) is 2. The average Bonchev–Trinajstić information content (AvgIpc) is 3.06. The molecule has 0 aliphatic rings. The summed E-state index contributed by atoms with van der Waals surface area (Å²) in [5.74, 6) is 0.755. The summed E-state index contributed by atoms with van der Waals surface area (Å²) in [5, 5.41) is 12.7. The first-order valence-electron chi connectivity index (χ1n) is 7.21. The van der Waals surface area contributed by atoms with Gasteiger partial charge in [0.25, 0.3) is 0 Å². The van der Waals surface area contributed by atoms with Gasteiger partial charge in [-0.05, 0) is 36.8 Å². The summed E-state index contributed by atoms with van der Waals surface area (Å²) in [6.45, 7) is 3.50. The van der Waals surface area contributed by atoms with Gasteiger partial charge in [-0.25, -0.2) is 8.42 Å². The third kappa shape index (κ3) is 3.76. The second kappa shape index (κ2) is 7.09. The minimum atomic E-state index is -3.18. The van der Waals surface area contributed by atoms with Crippen molar-refractivity contribution in [2.45, 2.75) is 30.8 Å². The predicted molar refractivity (Wildman–Crippen MR) is 84.3 cm³/mol. The molecule has 2 aromatic rings. The Morgan fingerprint density at radius 1 is 1.23 bits per heavy atom. The van der Waals surface area contributed by atoms with Gasteiger partial charge in [0, 0.05) is 6.04 Å². The van der Waals surface area contributed by atoms with E-state index in [1.807, 2.05) is 6.92 Å². The Bertz CT molecular complexity index is 677. The summed E-state index contributed by atoms with van der Waals surface area (Å²) < 4.78 is 28.9. The van der Waals surface area contributed by atoms with E-state index < -0.39 is 9.84 Å². The zero-order chi connectivity index (χ0) is 16.2. The molecule has 0 saturated carbocycles. The molecule has 0 aliphatic carbocycles. The van der Waals surface area contributed by atoms with Crippen molar-refractivity contribution in [3.63, 3.8) is 0 Å². The molecule has 22 heavy (non-hydrogen) atoms. The number of sulfone groups is 1. The highest BCUT2D eigenvalue weighted by molar-refractivity contribution is 7.91. The van der Waals surface area contributed by atoms with Gasteiger partial charge >= 0.3 is 0 Å². The number of rotatable bonds is 7. The van der Waals surface area contributed by atoms with Crippen molar-refractivity contribution < 1.29 is 17.9 Å². The second-order valence-corrected chi connectivity index (χ2v) is 7.39. The van der Waals surface area contributed by atoms with E-state index in [9.17, 15) is 13.5 Å². The lowest BCUT2D eigenvalue weighted by molar-refractivity contribution is 0.217. The van der Waals surface area contributed by atoms with Gasteiger partial charge in [0.05, 0.1) is 29.6 Å². The number of furan rings is 1. The van der Waals surface area contributed by atoms with Crippen molar-refractivity contribution >= 4 is 9.84 Å². The fraction of sp³-hybridized carbons (Fsp3) is 0.375. The van der Waals surface area contributed by atoms with Crippen LogP contribution in [-0.4, -0.2) is 25.9 Å². The molecule has 1 heterocycles. The maximum absolute atomic E-state index is 11.8. The zero-order valence-electron chi connectivity index (χ0n) is 12.7. The molecule has 0 bridgehead atoms. The predicted octanol–water partition coefficient (Wildman–Crippen LogP) is 2.46. The zero-order valence-corrected chi connectivity index (χ0v) is 13.5. The van der Waals surface area contributed by atoms with Crippen LogP contribution < -0.4 is 5.32 Å². The first kappa shape index (κ1) is 16.7. The van der Waals surface area contributed by atoms with Gasteiger partial charge < -0.3 is 9.52 Å². The van der Waals surface area contributed by atoms with Gasteiger partial charge in [0.15, 0.2) is 9.84 Å². The van der Waals surface area contributed by atoms with E-state index in [2.05, 4.69) is 5.32 Å². The number of nitrogens with one attached hydrogen (secondary N) is 1. The van der Waals surface area contributed by atoms with Gasteiger partial charge in [-0.2, -0.15) is 0 Å². The molecular formula is C16H21NO4S. The minimum absolute atomic E-state index is 0.0550. The normalized spacial score (nSPS) is 14.7. The first-order valence-corrected chi connectivity index (χ1v) is 8.86. The highest BCUT2D eigenvalue weighted by Gasteiger charge is 2.17. The van der Waals surface area contributed by atoms with Crippen LogP contribution in [0.3, 0.4) is 0 Å². The van der Waals surface area contributed by atoms with Crippen molar-refractivity contribution in [2.75, 3.05) is 12.4 Å². The lowest BCUT2D eigenvalue weighted by Crippen LogP contribution is -2.27. The topological polar surface area (TPSA) is 79.5 Å². The van der Waals surface area contributed by atoms with Crippen LogP contribution in [0.2, 0.25) is 0 Å². The Hall–Kier alpha value is -1.63. The summed E-state index contributed by atoms with van der Waals surface area (Å²) >= 11 is 0. The van der Waals surface area contributed by atoms with Crippen LogP contribution in [0, 0.1) is 0 Å². The van der Waals surface area contributed by atoms with Gasteiger partial charge in [-0.15, -0.1) is 0 Å². The molecule has 1 aromatic carbocycles. The summed E-state index contributed by atoms with van der Waals surface area (Å²) in [5.41, 5.74) is 0.944. The largest absolute Gasteiger partial charge is 0.468 e. The van der Waals surface area contributed by atoms with Gasteiger partial charge in [-0.3, -0.25) is 5.32 Å². The quantitative estimate of drug-likeness (QED) is 0.818. The van der Waals surface area contributed by atoms with Gasteiger partial charge in [-0.1, -0.05) is 19.1 Å². The lowest BCUT2D eigenvalue weighted by atomic mass is 10.1. The molecule has 1 aromatic heterocycles. The van der Waals surface area contributed by atoms with Crippen molar-refractivity contribution in [1.82, 2.24) is 5.32 Å². The highest BCUT2D eigenvalue weighted by Crippen LogP contribution is 2.21. The Morgan fingerprint density at radius 2 is 1.91 bits per heavy atom. The summed E-state index contributed by atoms with van der Waals surface area (Å²) in [6, 6.07) is 10.0. The molecule has 2 N–H and O–H groups in total. The van der Waals surface area contributed by atoms with Crippen LogP contribution in [0.25, 0.3) is 0 Å². The number of aliphatic hydroxyl groups excluding tert-OH is 1. The third-order valence-corrected chi connectivity index (χ3v) is 5.39. The van der Waals surface area contributed by atoms with Gasteiger partial charge in [0.1, 0.15) is 5.76 Å². The highest BCUT2D eigenvalue weighted by atomic mass is 32.2. The molecule has 120 valence electrons. The standard InChI is InChI=1S/C16H21NO4S/c1-3-22(19,20)14-8-6-13(7-9-14)12(2)17-15(11-18)16-5-4-10-21-16/h4-10,12,15,17-18H,3,11H2,1-2H3. The van der Waals surface area contributed by atoms with Crippen LogP contribution in [0.1, 0.15) is 37.3 Å². The van der Waals surface area contributed by atoms with Crippen molar-refractivity contribution in [1.29, 1.82) is 0 Å². The molecule has 2 atom stereocenters. The monoisotopic (exact) mass is 323 g/mol. The summed E-state index contributed by atoms with van der Waals surface area (Å²) in [7, 11) is -3.18. The van der Waals surface area contributed by atoms with Crippen LogP contribution in [0.15, 0.2) is 52.0 Å². The van der Waals surface area contributed by atoms with Crippen LogP contribution in [-0.2, 0) is 9.84 Å². The fourth-order valence-electron chi connectivity index (χ4n) is 2.24.